The average Bonchev–Trinajstić information content (AvgIpc) is 2.79. The van der Waals surface area contributed by atoms with Gasteiger partial charge in [-0.1, -0.05) is 37.1 Å². The van der Waals surface area contributed by atoms with E-state index in [1.54, 1.807) is 0 Å². The topological polar surface area (TPSA) is 40.5 Å². The summed E-state index contributed by atoms with van der Waals surface area (Å²) in [5, 5.41) is 9.60. The van der Waals surface area contributed by atoms with Gasteiger partial charge < -0.3 is 10.0 Å². The molecule has 1 N–H and O–H groups in total. The van der Waals surface area contributed by atoms with Gasteiger partial charge in [-0.05, 0) is 43.2 Å². The molecule has 0 bridgehead atoms. The first-order valence-corrected chi connectivity index (χ1v) is 8.27. The van der Waals surface area contributed by atoms with Gasteiger partial charge >= 0.3 is 0 Å². The van der Waals surface area contributed by atoms with E-state index in [4.69, 9.17) is 0 Å². The highest BCUT2D eigenvalue weighted by atomic mass is 16.3. The predicted molar refractivity (Wildman–Crippen MR) is 83.0 cm³/mol. The minimum absolute atomic E-state index is 0.0390. The van der Waals surface area contributed by atoms with Crippen LogP contribution >= 0.6 is 0 Å². The summed E-state index contributed by atoms with van der Waals surface area (Å²) in [7, 11) is 0. The highest BCUT2D eigenvalue weighted by molar-refractivity contribution is 5.80. The van der Waals surface area contributed by atoms with Crippen LogP contribution in [-0.2, 0) is 17.6 Å². The molecule has 1 fully saturated rings. The molecule has 1 amide bonds. The number of aliphatic hydroxyl groups is 1. The van der Waals surface area contributed by atoms with Gasteiger partial charge in [-0.15, -0.1) is 0 Å². The zero-order valence-electron chi connectivity index (χ0n) is 12.6. The lowest BCUT2D eigenvalue weighted by molar-refractivity contribution is -0.139. The number of aliphatic hydroxyl groups excluding tert-OH is 1. The molecule has 1 aliphatic carbocycles. The predicted octanol–water partition coefficient (Wildman–Crippen LogP) is 2.56. The Bertz CT molecular complexity index is 500. The molecule has 1 aromatic rings. The van der Waals surface area contributed by atoms with Crippen LogP contribution in [0.15, 0.2) is 24.3 Å². The van der Waals surface area contributed by atoms with Crippen LogP contribution in [0.1, 0.15) is 43.2 Å². The van der Waals surface area contributed by atoms with Crippen molar-refractivity contribution in [1.29, 1.82) is 0 Å². The minimum Gasteiger partial charge on any atom is -0.394 e. The molecule has 2 unspecified atom stereocenters. The van der Waals surface area contributed by atoms with Crippen LogP contribution in [-0.4, -0.2) is 35.1 Å². The second-order valence-electron chi connectivity index (χ2n) is 6.43. The van der Waals surface area contributed by atoms with Gasteiger partial charge in [0.2, 0.25) is 5.91 Å². The van der Waals surface area contributed by atoms with Crippen LogP contribution in [0.4, 0.5) is 0 Å². The number of amides is 1. The third-order valence-corrected chi connectivity index (χ3v) is 5.07. The van der Waals surface area contributed by atoms with E-state index < -0.39 is 0 Å². The number of aryl methyl sites for hydroxylation is 1. The number of hydrogen-bond acceptors (Lipinski definition) is 2. The van der Waals surface area contributed by atoms with Crippen LogP contribution in [0.5, 0.6) is 0 Å². The number of nitrogens with zero attached hydrogens (tertiary/aromatic N) is 1. The molecule has 0 saturated carbocycles. The van der Waals surface area contributed by atoms with Gasteiger partial charge in [-0.3, -0.25) is 4.79 Å². The SMILES string of the molecule is O=C(C1CCc2ccccc2C1)N1CCCCCC1CO. The molecule has 0 spiro atoms. The Morgan fingerprint density at radius 2 is 1.95 bits per heavy atom. The molecule has 1 heterocycles. The Hall–Kier alpha value is -1.35. The average molecular weight is 287 g/mol. The summed E-state index contributed by atoms with van der Waals surface area (Å²) in [5.41, 5.74) is 2.73. The first kappa shape index (κ1) is 14.6. The van der Waals surface area contributed by atoms with Gasteiger partial charge in [0.25, 0.3) is 0 Å². The van der Waals surface area contributed by atoms with Gasteiger partial charge in [0.15, 0.2) is 0 Å². The lowest BCUT2D eigenvalue weighted by Crippen LogP contribution is -2.46. The van der Waals surface area contributed by atoms with E-state index in [0.29, 0.717) is 0 Å². The van der Waals surface area contributed by atoms with Crippen molar-refractivity contribution in [3.8, 4) is 0 Å². The number of fused-ring (bicyclic) bond motifs is 1. The monoisotopic (exact) mass is 287 g/mol. The highest BCUT2D eigenvalue weighted by Gasteiger charge is 2.32. The van der Waals surface area contributed by atoms with Crippen LogP contribution in [0.25, 0.3) is 0 Å². The van der Waals surface area contributed by atoms with Crippen LogP contribution < -0.4 is 0 Å². The van der Waals surface area contributed by atoms with Crippen molar-refractivity contribution in [2.24, 2.45) is 5.92 Å². The Morgan fingerprint density at radius 1 is 1.14 bits per heavy atom. The first-order chi connectivity index (χ1) is 10.3. The van der Waals surface area contributed by atoms with Crippen LogP contribution in [0.3, 0.4) is 0 Å². The van der Waals surface area contributed by atoms with Gasteiger partial charge in [0, 0.05) is 12.5 Å². The van der Waals surface area contributed by atoms with Crippen molar-refractivity contribution in [1.82, 2.24) is 4.90 Å². The summed E-state index contributed by atoms with van der Waals surface area (Å²) in [4.78, 5) is 14.9. The molecule has 2 aliphatic rings. The molecule has 2 atom stereocenters. The van der Waals surface area contributed by atoms with Crippen molar-refractivity contribution in [2.45, 2.75) is 51.0 Å². The fraction of sp³-hybridized carbons (Fsp3) is 0.611. The molecule has 3 nitrogen and oxygen atoms in total. The van der Waals surface area contributed by atoms with Crippen LogP contribution in [0.2, 0.25) is 0 Å². The molecule has 21 heavy (non-hydrogen) atoms. The molecule has 1 aliphatic heterocycles. The number of carbonyl (C=O) groups is 1. The van der Waals surface area contributed by atoms with Crippen LogP contribution in [0, 0.1) is 5.92 Å². The molecule has 3 rings (SSSR count). The Labute approximate surface area is 127 Å². The Kier molecular flexibility index (Phi) is 4.59. The molecule has 3 heteroatoms. The zero-order chi connectivity index (χ0) is 14.7. The van der Waals surface area contributed by atoms with Crippen molar-refractivity contribution in [2.75, 3.05) is 13.2 Å². The maximum atomic E-state index is 12.9. The molecular weight excluding hydrogens is 262 g/mol. The van der Waals surface area contributed by atoms with Gasteiger partial charge in [0.1, 0.15) is 0 Å². The fourth-order valence-electron chi connectivity index (χ4n) is 3.80. The normalized spacial score (nSPS) is 26.0. The zero-order valence-corrected chi connectivity index (χ0v) is 12.6. The second-order valence-corrected chi connectivity index (χ2v) is 6.43. The lowest BCUT2D eigenvalue weighted by atomic mass is 9.83. The number of rotatable bonds is 2. The smallest absolute Gasteiger partial charge is 0.226 e. The number of carbonyl (C=O) groups excluding carboxylic acids is 1. The number of hydrogen-bond donors (Lipinski definition) is 1. The number of benzene rings is 1. The van der Waals surface area contributed by atoms with Crippen molar-refractivity contribution in [3.63, 3.8) is 0 Å². The van der Waals surface area contributed by atoms with E-state index in [2.05, 4.69) is 24.3 Å². The summed E-state index contributed by atoms with van der Waals surface area (Å²) in [5.74, 6) is 0.373. The standard InChI is InChI=1S/C18H25NO2/c20-13-17-8-2-1-5-11-19(17)18(21)16-10-9-14-6-3-4-7-15(14)12-16/h3-4,6-7,16-17,20H,1-2,5,8-13H2. The molecule has 0 radical (unpaired) electrons. The van der Waals surface area contributed by atoms with Crippen molar-refractivity contribution in [3.05, 3.63) is 35.4 Å². The minimum atomic E-state index is 0.0390. The van der Waals surface area contributed by atoms with E-state index >= 15 is 0 Å². The maximum Gasteiger partial charge on any atom is 0.226 e. The van der Waals surface area contributed by atoms with Crippen molar-refractivity contribution >= 4 is 5.91 Å². The second kappa shape index (κ2) is 6.61. The van der Waals surface area contributed by atoms with Gasteiger partial charge in [-0.2, -0.15) is 0 Å². The van der Waals surface area contributed by atoms with E-state index in [1.807, 2.05) is 4.90 Å². The third kappa shape index (κ3) is 3.13. The highest BCUT2D eigenvalue weighted by Crippen LogP contribution is 2.28. The Balaban J connectivity index is 1.73. The summed E-state index contributed by atoms with van der Waals surface area (Å²) in [6.07, 6.45) is 7.14. The molecule has 1 saturated heterocycles. The molecule has 114 valence electrons. The van der Waals surface area contributed by atoms with Gasteiger partial charge in [0.05, 0.1) is 12.6 Å². The summed E-state index contributed by atoms with van der Waals surface area (Å²) in [6.45, 7) is 0.928. The fourth-order valence-corrected chi connectivity index (χ4v) is 3.80. The van der Waals surface area contributed by atoms with E-state index in [-0.39, 0.29) is 24.5 Å². The van der Waals surface area contributed by atoms with Crippen molar-refractivity contribution < 1.29 is 9.90 Å². The number of likely N-dealkylation sites (tertiary alicyclic amines) is 1. The largest absolute Gasteiger partial charge is 0.394 e. The van der Waals surface area contributed by atoms with E-state index in [9.17, 15) is 9.90 Å². The first-order valence-electron chi connectivity index (χ1n) is 8.27. The van der Waals surface area contributed by atoms with E-state index in [1.165, 1.54) is 17.5 Å². The third-order valence-electron chi connectivity index (χ3n) is 5.07. The lowest BCUT2D eigenvalue weighted by Gasteiger charge is -2.34. The quantitative estimate of drug-likeness (QED) is 0.908. The van der Waals surface area contributed by atoms with E-state index in [0.717, 1.165) is 45.1 Å². The van der Waals surface area contributed by atoms with Gasteiger partial charge in [-0.25, -0.2) is 0 Å². The molecular formula is C18H25NO2. The summed E-state index contributed by atoms with van der Waals surface area (Å²) < 4.78 is 0. The molecule has 0 aromatic heterocycles. The molecule has 1 aromatic carbocycles. The Morgan fingerprint density at radius 3 is 2.76 bits per heavy atom. The summed E-state index contributed by atoms with van der Waals surface area (Å²) in [6, 6.07) is 8.52. The summed E-state index contributed by atoms with van der Waals surface area (Å²) >= 11 is 0. The maximum absolute atomic E-state index is 12.9.